The van der Waals surface area contributed by atoms with Gasteiger partial charge in [-0.25, -0.2) is 14.2 Å². The molecule has 0 radical (unpaired) electrons. The quantitative estimate of drug-likeness (QED) is 0.135. The summed E-state index contributed by atoms with van der Waals surface area (Å²) in [6.45, 7) is 2.75. The minimum Gasteiger partial charge on any atom is -0.478 e. The lowest BCUT2D eigenvalue weighted by Crippen LogP contribution is -2.71. The van der Waals surface area contributed by atoms with Crippen molar-refractivity contribution in [1.82, 2.24) is 19.6 Å². The second-order valence-corrected chi connectivity index (χ2v) is 10.4. The molecule has 4 heterocycles. The Morgan fingerprint density at radius 1 is 1.30 bits per heavy atom. The molecule has 5 N–H and O–H groups in total. The van der Waals surface area contributed by atoms with E-state index in [1.807, 2.05) is 18.2 Å². The Hall–Kier alpha value is -4.05. The van der Waals surface area contributed by atoms with Crippen LogP contribution in [-0.4, -0.2) is 76.7 Å². The highest BCUT2D eigenvalue weighted by molar-refractivity contribution is 8.00. The molecule has 0 spiro atoms. The van der Waals surface area contributed by atoms with E-state index in [2.05, 4.69) is 19.8 Å². The van der Waals surface area contributed by atoms with Crippen LogP contribution in [0.3, 0.4) is 0 Å². The molecule has 16 heteroatoms. The number of carbonyl (C=O) groups is 4. The number of carboxylic acid groups (broad SMARTS) is 2. The minimum atomic E-state index is -1.77. The van der Waals surface area contributed by atoms with Crippen molar-refractivity contribution in [2.45, 2.75) is 37.4 Å². The SMILES string of the molecule is CC(C)(O/N=C(\C(=O)NC1C(=O)N2C(C(=O)O)=C(C[n+]3ccccc3)CS[C@H]12)c1nsc(N)n1)C(=O)O. The van der Waals surface area contributed by atoms with Crippen molar-refractivity contribution in [3.8, 4) is 0 Å². The van der Waals surface area contributed by atoms with Crippen molar-refractivity contribution in [2.75, 3.05) is 11.5 Å². The molecule has 194 valence electrons. The van der Waals surface area contributed by atoms with Gasteiger partial charge in [-0.15, -0.1) is 11.8 Å². The van der Waals surface area contributed by atoms with Crippen LogP contribution < -0.4 is 15.6 Å². The van der Waals surface area contributed by atoms with Crippen molar-refractivity contribution < 1.29 is 38.8 Å². The molecule has 2 aromatic rings. The Morgan fingerprint density at radius 3 is 2.59 bits per heavy atom. The fraction of sp³-hybridized carbons (Fsp3) is 0.333. The zero-order valence-electron chi connectivity index (χ0n) is 19.5. The van der Waals surface area contributed by atoms with Gasteiger partial charge in [-0.1, -0.05) is 11.2 Å². The maximum Gasteiger partial charge on any atom is 0.352 e. The van der Waals surface area contributed by atoms with E-state index in [9.17, 15) is 29.4 Å². The summed E-state index contributed by atoms with van der Waals surface area (Å²) < 4.78 is 5.72. The predicted octanol–water partition coefficient (Wildman–Crippen LogP) is -0.569. The third-order valence-electron chi connectivity index (χ3n) is 5.44. The third-order valence-corrected chi connectivity index (χ3v) is 7.32. The molecule has 0 aromatic carbocycles. The van der Waals surface area contributed by atoms with Gasteiger partial charge < -0.3 is 26.1 Å². The van der Waals surface area contributed by atoms with Gasteiger partial charge in [0.2, 0.25) is 17.1 Å². The first-order valence-corrected chi connectivity index (χ1v) is 12.6. The first kappa shape index (κ1) is 26.0. The van der Waals surface area contributed by atoms with Crippen molar-refractivity contribution in [3.63, 3.8) is 0 Å². The number of nitrogens with two attached hydrogens (primary N) is 1. The maximum absolute atomic E-state index is 13.1. The van der Waals surface area contributed by atoms with E-state index in [0.29, 0.717) is 11.3 Å². The first-order valence-electron chi connectivity index (χ1n) is 10.7. The largest absolute Gasteiger partial charge is 0.478 e. The van der Waals surface area contributed by atoms with Crippen LogP contribution in [0.1, 0.15) is 19.7 Å². The number of aromatic nitrogens is 3. The zero-order chi connectivity index (χ0) is 26.9. The zero-order valence-corrected chi connectivity index (χ0v) is 21.2. The highest BCUT2D eigenvalue weighted by atomic mass is 32.2. The summed E-state index contributed by atoms with van der Waals surface area (Å²) in [6.07, 6.45) is 3.58. The van der Waals surface area contributed by atoms with Gasteiger partial charge in [0, 0.05) is 35.0 Å². The Kier molecular flexibility index (Phi) is 7.13. The molecule has 4 rings (SSSR count). The van der Waals surface area contributed by atoms with E-state index in [4.69, 9.17) is 10.6 Å². The molecule has 0 aliphatic carbocycles. The first-order chi connectivity index (χ1) is 17.5. The van der Waals surface area contributed by atoms with E-state index in [1.165, 1.54) is 25.6 Å². The lowest BCUT2D eigenvalue weighted by molar-refractivity contribution is -0.689. The lowest BCUT2D eigenvalue weighted by atomic mass is 10.0. The predicted molar refractivity (Wildman–Crippen MR) is 130 cm³/mol. The number of nitrogen functional groups attached to an aromatic ring is 1. The Morgan fingerprint density at radius 2 is 2.00 bits per heavy atom. The topological polar surface area (TPSA) is 201 Å². The van der Waals surface area contributed by atoms with Gasteiger partial charge in [-0.3, -0.25) is 14.5 Å². The van der Waals surface area contributed by atoms with Crippen molar-refractivity contribution in [1.29, 1.82) is 0 Å². The van der Waals surface area contributed by atoms with E-state index < -0.39 is 46.5 Å². The van der Waals surface area contributed by atoms with Gasteiger partial charge in [0.05, 0.1) is 0 Å². The van der Waals surface area contributed by atoms with Gasteiger partial charge in [0.25, 0.3) is 11.8 Å². The standard InChI is InChI=1S/C21H21N7O7S2/c1-21(2,19(33)34)35-25-11(14-24-20(22)37-26-14)15(29)23-12-16(30)28-13(18(31)32)10(9-36-17(12)28)8-27-6-4-3-5-7-27/h3-7,12,17H,8-9H2,1-2H3,(H4-,22,23,24,26,29,31,32,33,34)/p+1/b25-11-/t12?,17-/m1/s1. The Labute approximate surface area is 218 Å². The van der Waals surface area contributed by atoms with Gasteiger partial charge in [-0.2, -0.15) is 9.36 Å². The fourth-order valence-corrected chi connectivity index (χ4v) is 5.26. The van der Waals surface area contributed by atoms with Gasteiger partial charge in [0.15, 0.2) is 24.1 Å². The number of hydrogen-bond donors (Lipinski definition) is 4. The molecule has 2 aromatic heterocycles. The number of aliphatic carboxylic acids is 2. The van der Waals surface area contributed by atoms with Crippen LogP contribution in [0.25, 0.3) is 0 Å². The van der Waals surface area contributed by atoms with Crippen molar-refractivity contribution >= 4 is 57.9 Å². The molecular weight excluding hydrogens is 526 g/mol. The smallest absolute Gasteiger partial charge is 0.352 e. The average molecular weight is 549 g/mol. The van der Waals surface area contributed by atoms with Gasteiger partial charge >= 0.3 is 11.9 Å². The Balaban J connectivity index is 1.55. The number of nitrogens with zero attached hydrogens (tertiary/aromatic N) is 5. The molecule has 0 bridgehead atoms. The van der Waals surface area contributed by atoms with Crippen molar-refractivity contribution in [3.05, 3.63) is 47.7 Å². The van der Waals surface area contributed by atoms with Crippen LogP contribution in [-0.2, 0) is 30.6 Å². The Bertz CT molecular complexity index is 1330. The number of oxime groups is 1. The van der Waals surface area contributed by atoms with Crippen LogP contribution in [0.4, 0.5) is 5.13 Å². The number of carboxylic acids is 2. The second-order valence-electron chi connectivity index (χ2n) is 8.47. The van der Waals surface area contributed by atoms with E-state index in [0.717, 1.165) is 16.4 Å². The van der Waals surface area contributed by atoms with Crippen LogP contribution in [0.2, 0.25) is 0 Å². The average Bonchev–Trinajstić information content (AvgIpc) is 3.28. The highest BCUT2D eigenvalue weighted by Crippen LogP contribution is 2.40. The molecule has 2 aliphatic heterocycles. The third kappa shape index (κ3) is 5.24. The number of amides is 2. The number of pyridine rings is 1. The van der Waals surface area contributed by atoms with E-state index in [-0.39, 0.29) is 23.2 Å². The summed E-state index contributed by atoms with van der Waals surface area (Å²) in [4.78, 5) is 59.6. The highest BCUT2D eigenvalue weighted by Gasteiger charge is 2.55. The maximum atomic E-state index is 13.1. The number of nitrogens with one attached hydrogen (secondary N) is 1. The summed E-state index contributed by atoms with van der Waals surface area (Å²) >= 11 is 2.09. The number of hydrogen-bond acceptors (Lipinski definition) is 11. The molecule has 0 saturated carbocycles. The van der Waals surface area contributed by atoms with Crippen LogP contribution in [0, 0.1) is 0 Å². The molecular formula is C21H22N7O7S2+. The molecule has 2 atom stereocenters. The number of fused-ring (bicyclic) bond motifs is 1. The van der Waals surface area contributed by atoms with Crippen LogP contribution in [0.5, 0.6) is 0 Å². The molecule has 2 aliphatic rings. The summed E-state index contributed by atoms with van der Waals surface area (Å²) in [6, 6.07) is 4.39. The molecule has 1 saturated heterocycles. The molecule has 2 amide bonds. The van der Waals surface area contributed by atoms with Gasteiger partial charge in [0.1, 0.15) is 17.1 Å². The number of carbonyl (C=O) groups excluding carboxylic acids is 2. The second kappa shape index (κ2) is 10.1. The number of β-lactam (4-membered cyclic amide) rings is 1. The molecule has 14 nitrogen and oxygen atoms in total. The number of thioether (sulfide) groups is 1. The number of rotatable bonds is 9. The monoisotopic (exact) mass is 548 g/mol. The summed E-state index contributed by atoms with van der Waals surface area (Å²) in [7, 11) is 0. The molecule has 37 heavy (non-hydrogen) atoms. The minimum absolute atomic E-state index is 0.0294. The normalized spacial score (nSPS) is 19.7. The fourth-order valence-electron chi connectivity index (χ4n) is 3.49. The van der Waals surface area contributed by atoms with Crippen LogP contribution in [0.15, 0.2) is 47.0 Å². The number of anilines is 1. The molecule has 1 fully saturated rings. The van der Waals surface area contributed by atoms with Crippen LogP contribution >= 0.6 is 23.3 Å². The summed E-state index contributed by atoms with van der Waals surface area (Å²) in [5.74, 6) is -3.99. The van der Waals surface area contributed by atoms with E-state index in [1.54, 1.807) is 17.0 Å². The summed E-state index contributed by atoms with van der Waals surface area (Å²) in [5, 5.41) is 24.6. The summed E-state index contributed by atoms with van der Waals surface area (Å²) in [5.41, 5.74) is 3.78. The van der Waals surface area contributed by atoms with Crippen molar-refractivity contribution in [2.24, 2.45) is 5.16 Å². The lowest BCUT2D eigenvalue weighted by Gasteiger charge is -2.49. The van der Waals surface area contributed by atoms with E-state index >= 15 is 0 Å². The van der Waals surface area contributed by atoms with Gasteiger partial charge in [-0.05, 0) is 13.8 Å². The molecule has 1 unspecified atom stereocenters.